The summed E-state index contributed by atoms with van der Waals surface area (Å²) in [4.78, 5) is 0. The van der Waals surface area contributed by atoms with E-state index in [4.69, 9.17) is 0 Å². The molecule has 0 amide bonds. The molecule has 1 atom stereocenters. The zero-order valence-electron chi connectivity index (χ0n) is 11.6. The van der Waals surface area contributed by atoms with Gasteiger partial charge >= 0.3 is 0 Å². The fourth-order valence-electron chi connectivity index (χ4n) is 2.19. The number of nitrogens with zero attached hydrogens (tertiary/aromatic N) is 4. The van der Waals surface area contributed by atoms with E-state index < -0.39 is 0 Å². The van der Waals surface area contributed by atoms with E-state index in [1.807, 2.05) is 30.3 Å². The third kappa shape index (κ3) is 3.37. The second-order valence-corrected chi connectivity index (χ2v) is 6.20. The van der Waals surface area contributed by atoms with Crippen molar-refractivity contribution in [1.29, 1.82) is 0 Å². The molecule has 5 nitrogen and oxygen atoms in total. The molecule has 1 aromatic carbocycles. The Hall–Kier alpha value is -1.40. The first kappa shape index (κ1) is 13.6. The van der Waals surface area contributed by atoms with E-state index in [9.17, 15) is 0 Å². The zero-order chi connectivity index (χ0) is 13.8. The fourth-order valence-corrected chi connectivity index (χ4v) is 2.95. The van der Waals surface area contributed by atoms with Gasteiger partial charge in [-0.3, -0.25) is 0 Å². The first-order valence-corrected chi connectivity index (χ1v) is 8.03. The van der Waals surface area contributed by atoms with Crippen molar-refractivity contribution in [3.8, 4) is 5.69 Å². The van der Waals surface area contributed by atoms with Crippen LogP contribution in [0, 0.1) is 5.92 Å². The highest BCUT2D eigenvalue weighted by Crippen LogP contribution is 2.32. The molecular formula is C14H19N5S. The largest absolute Gasteiger partial charge is 0.313 e. The van der Waals surface area contributed by atoms with Crippen molar-refractivity contribution in [2.24, 2.45) is 5.92 Å². The number of rotatable bonds is 7. The molecule has 3 rings (SSSR count). The van der Waals surface area contributed by atoms with Gasteiger partial charge in [0, 0.05) is 18.3 Å². The molecule has 6 heteroatoms. The Balaban J connectivity index is 1.52. The van der Waals surface area contributed by atoms with Crippen LogP contribution >= 0.6 is 11.8 Å². The van der Waals surface area contributed by atoms with Crippen molar-refractivity contribution < 1.29 is 0 Å². The van der Waals surface area contributed by atoms with Gasteiger partial charge in [0.15, 0.2) is 0 Å². The molecule has 1 heterocycles. The highest BCUT2D eigenvalue weighted by molar-refractivity contribution is 7.99. The molecule has 0 aliphatic heterocycles. The van der Waals surface area contributed by atoms with Gasteiger partial charge in [0.1, 0.15) is 0 Å². The fraction of sp³-hybridized carbons (Fsp3) is 0.500. The maximum absolute atomic E-state index is 4.09. The topological polar surface area (TPSA) is 55.6 Å². The van der Waals surface area contributed by atoms with Crippen molar-refractivity contribution in [3.05, 3.63) is 30.3 Å². The molecule has 2 aromatic rings. The summed E-state index contributed by atoms with van der Waals surface area (Å²) in [7, 11) is 0. The van der Waals surface area contributed by atoms with Crippen LogP contribution in [0.3, 0.4) is 0 Å². The monoisotopic (exact) mass is 289 g/mol. The van der Waals surface area contributed by atoms with E-state index in [1.54, 1.807) is 16.4 Å². The van der Waals surface area contributed by atoms with Gasteiger partial charge in [0.05, 0.1) is 5.69 Å². The Labute approximate surface area is 123 Å². The van der Waals surface area contributed by atoms with Crippen LogP contribution in [-0.2, 0) is 0 Å². The van der Waals surface area contributed by atoms with E-state index in [0.717, 1.165) is 29.1 Å². The van der Waals surface area contributed by atoms with Gasteiger partial charge in [-0.05, 0) is 48.2 Å². The molecule has 1 aliphatic rings. The van der Waals surface area contributed by atoms with E-state index in [2.05, 4.69) is 27.8 Å². The maximum Gasteiger partial charge on any atom is 0.214 e. The first-order valence-electron chi connectivity index (χ1n) is 7.04. The third-order valence-corrected chi connectivity index (χ3v) is 4.49. The van der Waals surface area contributed by atoms with E-state index in [-0.39, 0.29) is 0 Å². The van der Waals surface area contributed by atoms with Crippen LogP contribution < -0.4 is 5.32 Å². The minimum atomic E-state index is 0.640. The Bertz CT molecular complexity index is 538. The average Bonchev–Trinajstić information content (AvgIpc) is 3.23. The van der Waals surface area contributed by atoms with Crippen LogP contribution in [0.2, 0.25) is 0 Å². The lowest BCUT2D eigenvalue weighted by Crippen LogP contribution is -2.29. The number of hydrogen-bond donors (Lipinski definition) is 1. The minimum Gasteiger partial charge on any atom is -0.313 e. The van der Waals surface area contributed by atoms with E-state index in [1.165, 1.54) is 12.8 Å². The van der Waals surface area contributed by atoms with Crippen LogP contribution in [0.1, 0.15) is 19.8 Å². The maximum atomic E-state index is 4.09. The van der Waals surface area contributed by atoms with Crippen LogP contribution in [0.4, 0.5) is 0 Å². The Morgan fingerprint density at radius 3 is 2.90 bits per heavy atom. The number of thioether (sulfide) groups is 1. The zero-order valence-corrected chi connectivity index (χ0v) is 12.4. The second-order valence-electron chi connectivity index (χ2n) is 5.14. The predicted octanol–water partition coefficient (Wildman–Crippen LogP) is 2.14. The minimum absolute atomic E-state index is 0.640. The average molecular weight is 289 g/mol. The van der Waals surface area contributed by atoms with Gasteiger partial charge in [-0.2, -0.15) is 4.68 Å². The van der Waals surface area contributed by atoms with Crippen molar-refractivity contribution in [2.75, 3.05) is 12.3 Å². The van der Waals surface area contributed by atoms with Gasteiger partial charge in [0.2, 0.25) is 5.16 Å². The normalized spacial score (nSPS) is 16.2. The Kier molecular flexibility index (Phi) is 4.32. The summed E-state index contributed by atoms with van der Waals surface area (Å²) in [6.45, 7) is 3.26. The van der Waals surface area contributed by atoms with E-state index in [0.29, 0.717) is 6.04 Å². The molecule has 1 aliphatic carbocycles. The number of para-hydroxylation sites is 1. The molecule has 0 saturated heterocycles. The molecular weight excluding hydrogens is 270 g/mol. The number of tetrazole rings is 1. The second kappa shape index (κ2) is 6.37. The number of hydrogen-bond acceptors (Lipinski definition) is 5. The lowest BCUT2D eigenvalue weighted by Gasteiger charge is -2.11. The molecule has 0 spiro atoms. The molecule has 1 aromatic heterocycles. The van der Waals surface area contributed by atoms with E-state index >= 15 is 0 Å². The number of aromatic nitrogens is 4. The Morgan fingerprint density at radius 1 is 1.35 bits per heavy atom. The van der Waals surface area contributed by atoms with Crippen molar-refractivity contribution >= 4 is 11.8 Å². The first-order chi connectivity index (χ1) is 9.84. The quantitative estimate of drug-likeness (QED) is 0.625. The standard InChI is InChI=1S/C14H19N5S/c1-11(12-7-8-12)15-9-10-20-14-16-17-18-19(14)13-5-3-2-4-6-13/h2-6,11-12,15H,7-10H2,1H3. The third-order valence-electron chi connectivity index (χ3n) is 3.57. The molecule has 1 N–H and O–H groups in total. The lowest BCUT2D eigenvalue weighted by atomic mass is 10.2. The highest BCUT2D eigenvalue weighted by Gasteiger charge is 2.27. The van der Waals surface area contributed by atoms with Gasteiger partial charge < -0.3 is 5.32 Å². The molecule has 20 heavy (non-hydrogen) atoms. The summed E-state index contributed by atoms with van der Waals surface area (Å²) in [5, 5.41) is 16.3. The predicted molar refractivity (Wildman–Crippen MR) is 80.1 cm³/mol. The van der Waals surface area contributed by atoms with Crippen molar-refractivity contribution in [1.82, 2.24) is 25.5 Å². The summed E-state index contributed by atoms with van der Waals surface area (Å²) >= 11 is 1.69. The molecule has 106 valence electrons. The van der Waals surface area contributed by atoms with Crippen molar-refractivity contribution in [3.63, 3.8) is 0 Å². The van der Waals surface area contributed by atoms with Crippen LogP contribution in [0.5, 0.6) is 0 Å². The lowest BCUT2D eigenvalue weighted by molar-refractivity contribution is 0.514. The van der Waals surface area contributed by atoms with Gasteiger partial charge in [-0.25, -0.2) is 0 Å². The SMILES string of the molecule is CC(NCCSc1nnnn1-c1ccccc1)C1CC1. The molecule has 0 bridgehead atoms. The summed E-state index contributed by atoms with van der Waals surface area (Å²) < 4.78 is 1.79. The number of nitrogens with one attached hydrogen (secondary N) is 1. The van der Waals surface area contributed by atoms with Gasteiger partial charge in [0.25, 0.3) is 0 Å². The van der Waals surface area contributed by atoms with Crippen LogP contribution in [0.15, 0.2) is 35.5 Å². The molecule has 0 radical (unpaired) electrons. The van der Waals surface area contributed by atoms with Crippen LogP contribution in [-0.4, -0.2) is 38.5 Å². The summed E-state index contributed by atoms with van der Waals surface area (Å²) in [6, 6.07) is 10.6. The summed E-state index contributed by atoms with van der Waals surface area (Å²) in [5.41, 5.74) is 0.999. The van der Waals surface area contributed by atoms with Gasteiger partial charge in [-0.1, -0.05) is 30.0 Å². The van der Waals surface area contributed by atoms with Gasteiger partial charge in [-0.15, -0.1) is 5.10 Å². The molecule has 1 fully saturated rings. The van der Waals surface area contributed by atoms with Crippen molar-refractivity contribution in [2.45, 2.75) is 31.0 Å². The smallest absolute Gasteiger partial charge is 0.214 e. The molecule has 1 unspecified atom stereocenters. The highest BCUT2D eigenvalue weighted by atomic mass is 32.2. The summed E-state index contributed by atoms with van der Waals surface area (Å²) in [6.07, 6.45) is 2.77. The summed E-state index contributed by atoms with van der Waals surface area (Å²) in [5.74, 6) is 1.87. The number of benzene rings is 1. The molecule has 1 saturated carbocycles. The van der Waals surface area contributed by atoms with Crippen LogP contribution in [0.25, 0.3) is 5.69 Å². The Morgan fingerprint density at radius 2 is 2.15 bits per heavy atom.